The molecule has 0 unspecified atom stereocenters. The van der Waals surface area contributed by atoms with Crippen LogP contribution in [0.15, 0.2) is 77.7 Å². The molecule has 3 aromatic rings. The molecular formula is C24H26N2O5S. The van der Waals surface area contributed by atoms with Crippen molar-refractivity contribution in [2.45, 2.75) is 31.5 Å². The summed E-state index contributed by atoms with van der Waals surface area (Å²) in [7, 11) is -2.15. The SMILES string of the molecule is COc1cc(CNS(=O)(=O)c2ccc(CNC(C)=O)cc2)ccc1OCc1ccccc1. The van der Waals surface area contributed by atoms with Crippen LogP contribution in [0, 0.1) is 0 Å². The van der Waals surface area contributed by atoms with Crippen LogP contribution in [0.3, 0.4) is 0 Å². The van der Waals surface area contributed by atoms with Gasteiger partial charge in [0.05, 0.1) is 12.0 Å². The average molecular weight is 455 g/mol. The molecule has 0 aliphatic carbocycles. The Bertz CT molecular complexity index is 1150. The first-order chi connectivity index (χ1) is 15.4. The number of carbonyl (C=O) groups is 1. The average Bonchev–Trinajstić information content (AvgIpc) is 2.81. The maximum absolute atomic E-state index is 12.6. The maximum Gasteiger partial charge on any atom is 0.240 e. The third kappa shape index (κ3) is 6.57. The van der Waals surface area contributed by atoms with Gasteiger partial charge in [-0.05, 0) is 41.0 Å². The fourth-order valence-corrected chi connectivity index (χ4v) is 3.97. The van der Waals surface area contributed by atoms with Crippen molar-refractivity contribution in [2.24, 2.45) is 0 Å². The summed E-state index contributed by atoms with van der Waals surface area (Å²) in [6.07, 6.45) is 0. The number of amides is 1. The second kappa shape index (κ2) is 10.8. The van der Waals surface area contributed by atoms with Crippen LogP contribution in [0.4, 0.5) is 0 Å². The highest BCUT2D eigenvalue weighted by Gasteiger charge is 2.14. The van der Waals surface area contributed by atoms with Crippen LogP contribution in [0.5, 0.6) is 11.5 Å². The van der Waals surface area contributed by atoms with Gasteiger partial charge in [0.25, 0.3) is 0 Å². The molecule has 0 aliphatic heterocycles. The van der Waals surface area contributed by atoms with E-state index in [1.165, 1.54) is 19.1 Å². The van der Waals surface area contributed by atoms with E-state index in [1.54, 1.807) is 37.4 Å². The van der Waals surface area contributed by atoms with Crippen LogP contribution >= 0.6 is 0 Å². The first-order valence-corrected chi connectivity index (χ1v) is 11.5. The predicted molar refractivity (Wildman–Crippen MR) is 122 cm³/mol. The number of hydrogen-bond acceptors (Lipinski definition) is 5. The number of methoxy groups -OCH3 is 1. The Hall–Kier alpha value is -3.36. The van der Waals surface area contributed by atoms with E-state index in [-0.39, 0.29) is 17.3 Å². The number of rotatable bonds is 10. The number of carbonyl (C=O) groups excluding carboxylic acids is 1. The summed E-state index contributed by atoms with van der Waals surface area (Å²) in [4.78, 5) is 11.1. The van der Waals surface area contributed by atoms with E-state index in [0.717, 1.165) is 16.7 Å². The predicted octanol–water partition coefficient (Wildman–Crippen LogP) is 3.39. The molecule has 8 heteroatoms. The highest BCUT2D eigenvalue weighted by Crippen LogP contribution is 2.29. The van der Waals surface area contributed by atoms with Gasteiger partial charge in [-0.2, -0.15) is 0 Å². The molecular weight excluding hydrogens is 428 g/mol. The fourth-order valence-electron chi connectivity index (χ4n) is 2.95. The van der Waals surface area contributed by atoms with E-state index in [2.05, 4.69) is 10.0 Å². The van der Waals surface area contributed by atoms with Gasteiger partial charge in [0.2, 0.25) is 15.9 Å². The Kier molecular flexibility index (Phi) is 7.86. The molecule has 0 radical (unpaired) electrons. The van der Waals surface area contributed by atoms with Crippen molar-refractivity contribution in [3.8, 4) is 11.5 Å². The standard InChI is InChI=1S/C24H26N2O5S/c1-18(27)25-15-19-8-11-22(12-9-19)32(28,29)26-16-21-10-13-23(24(14-21)30-2)31-17-20-6-4-3-5-7-20/h3-14,26H,15-17H2,1-2H3,(H,25,27). The van der Waals surface area contributed by atoms with Crippen molar-refractivity contribution >= 4 is 15.9 Å². The van der Waals surface area contributed by atoms with E-state index < -0.39 is 10.0 Å². The van der Waals surface area contributed by atoms with Gasteiger partial charge in [-0.1, -0.05) is 48.5 Å². The van der Waals surface area contributed by atoms with Crippen LogP contribution in [-0.4, -0.2) is 21.4 Å². The van der Waals surface area contributed by atoms with Gasteiger partial charge < -0.3 is 14.8 Å². The van der Waals surface area contributed by atoms with Crippen molar-refractivity contribution in [1.29, 1.82) is 0 Å². The highest BCUT2D eigenvalue weighted by atomic mass is 32.2. The van der Waals surface area contributed by atoms with Gasteiger partial charge in [-0.15, -0.1) is 0 Å². The fraction of sp³-hybridized carbons (Fsp3) is 0.208. The largest absolute Gasteiger partial charge is 0.493 e. The van der Waals surface area contributed by atoms with Crippen molar-refractivity contribution in [3.63, 3.8) is 0 Å². The summed E-state index contributed by atoms with van der Waals surface area (Å²) in [5.74, 6) is 0.966. The van der Waals surface area contributed by atoms with Crippen molar-refractivity contribution in [3.05, 3.63) is 89.5 Å². The van der Waals surface area contributed by atoms with Crippen LogP contribution in [-0.2, 0) is 34.5 Å². The summed E-state index contributed by atoms with van der Waals surface area (Å²) in [6.45, 7) is 2.29. The Morgan fingerprint density at radius 2 is 1.53 bits per heavy atom. The molecule has 0 spiro atoms. The smallest absolute Gasteiger partial charge is 0.240 e. The summed E-state index contributed by atoms with van der Waals surface area (Å²) >= 11 is 0. The van der Waals surface area contributed by atoms with Gasteiger partial charge in [-0.25, -0.2) is 13.1 Å². The number of ether oxygens (including phenoxy) is 2. The zero-order chi connectivity index (χ0) is 23.0. The van der Waals surface area contributed by atoms with Gasteiger partial charge in [0.1, 0.15) is 6.61 Å². The van der Waals surface area contributed by atoms with Crippen LogP contribution < -0.4 is 19.5 Å². The van der Waals surface area contributed by atoms with Crippen molar-refractivity contribution < 1.29 is 22.7 Å². The Labute approximate surface area is 188 Å². The molecule has 3 aromatic carbocycles. The summed E-state index contributed by atoms with van der Waals surface area (Å²) in [5, 5.41) is 2.67. The number of hydrogen-bond donors (Lipinski definition) is 2. The van der Waals surface area contributed by atoms with Gasteiger partial charge >= 0.3 is 0 Å². The normalized spacial score (nSPS) is 11.1. The minimum absolute atomic E-state index is 0.102. The number of nitrogens with one attached hydrogen (secondary N) is 2. The van der Waals surface area contributed by atoms with E-state index in [4.69, 9.17) is 9.47 Å². The molecule has 3 rings (SSSR count). The first-order valence-electron chi connectivity index (χ1n) is 10.0. The Morgan fingerprint density at radius 1 is 0.844 bits per heavy atom. The molecule has 2 N–H and O–H groups in total. The molecule has 0 atom stereocenters. The summed E-state index contributed by atoms with van der Waals surface area (Å²) in [6, 6.07) is 21.5. The molecule has 168 valence electrons. The minimum atomic E-state index is -3.69. The third-order valence-electron chi connectivity index (χ3n) is 4.71. The lowest BCUT2D eigenvalue weighted by Gasteiger charge is -2.13. The topological polar surface area (TPSA) is 93.7 Å². The monoisotopic (exact) mass is 454 g/mol. The summed E-state index contributed by atoms with van der Waals surface area (Å²) < 4.78 is 39.1. The molecule has 0 saturated heterocycles. The van der Waals surface area contributed by atoms with Gasteiger partial charge in [0.15, 0.2) is 11.5 Å². The Balaban J connectivity index is 1.62. The van der Waals surface area contributed by atoms with Gasteiger partial charge in [-0.3, -0.25) is 4.79 Å². The minimum Gasteiger partial charge on any atom is -0.493 e. The van der Waals surface area contributed by atoms with E-state index in [0.29, 0.717) is 24.7 Å². The third-order valence-corrected chi connectivity index (χ3v) is 6.12. The zero-order valence-electron chi connectivity index (χ0n) is 18.0. The molecule has 32 heavy (non-hydrogen) atoms. The first kappa shape index (κ1) is 23.3. The molecule has 0 fully saturated rings. The molecule has 0 aliphatic rings. The highest BCUT2D eigenvalue weighted by molar-refractivity contribution is 7.89. The molecule has 7 nitrogen and oxygen atoms in total. The second-order valence-corrected chi connectivity index (χ2v) is 8.90. The van der Waals surface area contributed by atoms with Gasteiger partial charge in [0, 0.05) is 20.0 Å². The number of benzene rings is 3. The van der Waals surface area contributed by atoms with Crippen molar-refractivity contribution in [1.82, 2.24) is 10.0 Å². The van der Waals surface area contributed by atoms with E-state index in [1.807, 2.05) is 30.3 Å². The Morgan fingerprint density at radius 3 is 2.19 bits per heavy atom. The quantitative estimate of drug-likeness (QED) is 0.490. The van der Waals surface area contributed by atoms with Crippen LogP contribution in [0.2, 0.25) is 0 Å². The molecule has 0 saturated carbocycles. The maximum atomic E-state index is 12.6. The molecule has 0 bridgehead atoms. The summed E-state index contributed by atoms with van der Waals surface area (Å²) in [5.41, 5.74) is 2.59. The molecule has 1 amide bonds. The van der Waals surface area contributed by atoms with Crippen LogP contribution in [0.25, 0.3) is 0 Å². The molecule has 0 aromatic heterocycles. The second-order valence-electron chi connectivity index (χ2n) is 7.14. The van der Waals surface area contributed by atoms with Crippen molar-refractivity contribution in [2.75, 3.05) is 7.11 Å². The number of sulfonamides is 1. The lowest BCUT2D eigenvalue weighted by molar-refractivity contribution is -0.119. The molecule has 0 heterocycles. The lowest BCUT2D eigenvalue weighted by Crippen LogP contribution is -2.23. The zero-order valence-corrected chi connectivity index (χ0v) is 18.8. The van der Waals surface area contributed by atoms with E-state index in [9.17, 15) is 13.2 Å². The van der Waals surface area contributed by atoms with E-state index >= 15 is 0 Å². The lowest BCUT2D eigenvalue weighted by atomic mass is 10.2. The van der Waals surface area contributed by atoms with Crippen LogP contribution in [0.1, 0.15) is 23.6 Å².